The number of carbonyl (C=O) groups is 1. The van der Waals surface area contributed by atoms with E-state index in [4.69, 9.17) is 14.0 Å². The molecule has 0 atom stereocenters. The Balaban J connectivity index is 2.30. The molecule has 1 aliphatic heterocycles. The first-order chi connectivity index (χ1) is 13.2. The molecule has 0 aromatic heterocycles. The molecule has 1 aromatic carbocycles. The zero-order valence-electron chi connectivity index (χ0n) is 18.3. The minimum absolute atomic E-state index is 0.0624. The van der Waals surface area contributed by atoms with Gasteiger partial charge in [0.25, 0.3) is 0 Å². The second-order valence-corrected chi connectivity index (χ2v) is 9.18. The number of halogens is 1. The van der Waals surface area contributed by atoms with Gasteiger partial charge in [-0.2, -0.15) is 0 Å². The quantitative estimate of drug-likeness (QED) is 0.725. The highest BCUT2D eigenvalue weighted by Crippen LogP contribution is 2.38. The second kappa shape index (κ2) is 8.46. The zero-order chi connectivity index (χ0) is 22.0. The Bertz CT molecular complexity index is 770. The number of amides is 1. The molecule has 1 heterocycles. The molecule has 0 unspecified atom stereocenters. The normalized spacial score (nSPS) is 18.7. The van der Waals surface area contributed by atoms with E-state index in [0.29, 0.717) is 16.6 Å². The van der Waals surface area contributed by atoms with Gasteiger partial charge in [0.2, 0.25) is 0 Å². The maximum atomic E-state index is 14.5. The summed E-state index contributed by atoms with van der Waals surface area (Å²) in [6.45, 7) is 12.8. The number of carbonyl (C=O) groups excluding carboxylic acids is 1. The highest BCUT2D eigenvalue weighted by molar-refractivity contribution is 6.56. The number of nitrogens with one attached hydrogen (secondary N) is 1. The Kier molecular flexibility index (Phi) is 6.82. The van der Waals surface area contributed by atoms with E-state index in [2.05, 4.69) is 5.32 Å². The van der Waals surface area contributed by atoms with Crippen molar-refractivity contribution in [2.24, 2.45) is 0 Å². The molecule has 29 heavy (non-hydrogen) atoms. The first-order valence-corrected chi connectivity index (χ1v) is 9.66. The summed E-state index contributed by atoms with van der Waals surface area (Å²) in [4.78, 5) is 12.1. The van der Waals surface area contributed by atoms with Crippen LogP contribution in [-0.2, 0) is 20.7 Å². The number of alkyl carbamates (subject to hydrolysis) is 1. The first kappa shape index (κ1) is 23.4. The lowest BCUT2D eigenvalue weighted by Gasteiger charge is -2.32. The highest BCUT2D eigenvalue weighted by Gasteiger charge is 2.52. The molecule has 2 rings (SSSR count). The summed E-state index contributed by atoms with van der Waals surface area (Å²) >= 11 is 0. The smallest absolute Gasteiger partial charge is 0.444 e. The van der Waals surface area contributed by atoms with Crippen molar-refractivity contribution in [2.45, 2.75) is 71.9 Å². The van der Waals surface area contributed by atoms with Crippen LogP contribution in [0.1, 0.15) is 59.6 Å². The molecule has 0 saturated carbocycles. The van der Waals surface area contributed by atoms with Crippen LogP contribution in [0.5, 0.6) is 0 Å². The van der Waals surface area contributed by atoms with E-state index in [1.54, 1.807) is 39.0 Å². The van der Waals surface area contributed by atoms with Crippen molar-refractivity contribution in [1.29, 1.82) is 0 Å². The van der Waals surface area contributed by atoms with Crippen molar-refractivity contribution in [3.8, 4) is 0 Å². The number of aliphatic hydroxyl groups is 1. The van der Waals surface area contributed by atoms with Gasteiger partial charge in [0.15, 0.2) is 0 Å². The molecular weight excluding hydrogens is 376 g/mol. The molecule has 1 aliphatic rings. The van der Waals surface area contributed by atoms with Gasteiger partial charge in [-0.15, -0.1) is 0 Å². The summed E-state index contributed by atoms with van der Waals surface area (Å²) in [6, 6.07) is 4.48. The van der Waals surface area contributed by atoms with Gasteiger partial charge in [-0.1, -0.05) is 18.2 Å². The van der Waals surface area contributed by atoms with Crippen LogP contribution in [0.2, 0.25) is 0 Å². The zero-order valence-corrected chi connectivity index (χ0v) is 18.3. The fourth-order valence-corrected chi connectivity index (χ4v) is 2.67. The first-order valence-electron chi connectivity index (χ1n) is 9.66. The van der Waals surface area contributed by atoms with E-state index in [1.165, 1.54) is 6.07 Å². The molecule has 2 N–H and O–H groups in total. The largest absolute Gasteiger partial charge is 0.492 e. The third kappa shape index (κ3) is 6.04. The van der Waals surface area contributed by atoms with E-state index in [0.717, 1.165) is 0 Å². The Labute approximate surface area is 172 Å². The lowest BCUT2D eigenvalue weighted by molar-refractivity contribution is 0.00578. The SMILES string of the molecule is CC(C)(C)OC(=O)NCC(=Cc1ccc(CO)cc1F)B1OC(C)(C)C(C)(C)O1. The molecule has 0 bridgehead atoms. The van der Waals surface area contributed by atoms with Crippen molar-refractivity contribution < 1.29 is 28.3 Å². The summed E-state index contributed by atoms with van der Waals surface area (Å²) in [5.74, 6) is -0.483. The maximum absolute atomic E-state index is 14.5. The number of hydrogen-bond donors (Lipinski definition) is 2. The molecule has 160 valence electrons. The fourth-order valence-electron chi connectivity index (χ4n) is 2.67. The summed E-state index contributed by atoms with van der Waals surface area (Å²) < 4.78 is 31.9. The molecule has 1 fully saturated rings. The average molecular weight is 407 g/mol. The minimum atomic E-state index is -0.758. The molecule has 1 saturated heterocycles. The van der Waals surface area contributed by atoms with Crippen LogP contribution in [0, 0.1) is 5.82 Å². The number of rotatable bonds is 5. The van der Waals surface area contributed by atoms with Crippen molar-refractivity contribution in [1.82, 2.24) is 5.32 Å². The van der Waals surface area contributed by atoms with E-state index < -0.39 is 35.8 Å². The third-order valence-electron chi connectivity index (χ3n) is 4.98. The van der Waals surface area contributed by atoms with Crippen LogP contribution in [0.4, 0.5) is 9.18 Å². The van der Waals surface area contributed by atoms with Gasteiger partial charge in [0.05, 0.1) is 17.8 Å². The summed E-state index contributed by atoms with van der Waals surface area (Å²) in [7, 11) is -0.758. The Hall–Kier alpha value is -1.90. The fraction of sp³-hybridized carbons (Fsp3) is 0.571. The van der Waals surface area contributed by atoms with Crippen LogP contribution in [-0.4, -0.2) is 41.7 Å². The molecule has 1 amide bonds. The highest BCUT2D eigenvalue weighted by atomic mass is 19.1. The van der Waals surface area contributed by atoms with Crippen LogP contribution < -0.4 is 5.32 Å². The molecule has 0 spiro atoms. The number of benzene rings is 1. The molecular formula is C21H31BFNO5. The lowest BCUT2D eigenvalue weighted by atomic mass is 9.77. The Morgan fingerprint density at radius 2 is 1.83 bits per heavy atom. The maximum Gasteiger partial charge on any atom is 0.492 e. The lowest BCUT2D eigenvalue weighted by Crippen LogP contribution is -2.41. The van der Waals surface area contributed by atoms with Gasteiger partial charge in [-0.3, -0.25) is 0 Å². The van der Waals surface area contributed by atoms with Gasteiger partial charge in [-0.25, -0.2) is 9.18 Å². The van der Waals surface area contributed by atoms with E-state index in [1.807, 2.05) is 27.7 Å². The number of ether oxygens (including phenoxy) is 1. The van der Waals surface area contributed by atoms with Gasteiger partial charge >= 0.3 is 13.2 Å². The molecule has 0 radical (unpaired) electrons. The predicted molar refractivity (Wildman–Crippen MR) is 111 cm³/mol. The third-order valence-corrected chi connectivity index (χ3v) is 4.98. The summed E-state index contributed by atoms with van der Waals surface area (Å²) in [5.41, 5.74) is -0.471. The van der Waals surface area contributed by atoms with Gasteiger partial charge < -0.3 is 24.5 Å². The van der Waals surface area contributed by atoms with Crippen LogP contribution in [0.25, 0.3) is 6.08 Å². The van der Waals surface area contributed by atoms with Crippen molar-refractivity contribution in [3.05, 3.63) is 40.6 Å². The van der Waals surface area contributed by atoms with E-state index in [-0.39, 0.29) is 13.2 Å². The second-order valence-electron chi connectivity index (χ2n) is 9.18. The average Bonchev–Trinajstić information content (AvgIpc) is 2.78. The molecule has 6 nitrogen and oxygen atoms in total. The van der Waals surface area contributed by atoms with E-state index >= 15 is 0 Å². The van der Waals surface area contributed by atoms with E-state index in [9.17, 15) is 14.3 Å². The molecule has 0 aliphatic carbocycles. The Morgan fingerprint density at radius 1 is 1.24 bits per heavy atom. The van der Waals surface area contributed by atoms with Crippen molar-refractivity contribution >= 4 is 19.3 Å². The number of hydrogen-bond acceptors (Lipinski definition) is 5. The number of aliphatic hydroxyl groups excluding tert-OH is 1. The molecule has 1 aromatic rings. The van der Waals surface area contributed by atoms with Gasteiger partial charge in [0, 0.05) is 12.1 Å². The molecule has 8 heteroatoms. The Morgan fingerprint density at radius 3 is 2.31 bits per heavy atom. The van der Waals surface area contributed by atoms with Gasteiger partial charge in [-0.05, 0) is 65.6 Å². The minimum Gasteiger partial charge on any atom is -0.444 e. The summed E-state index contributed by atoms with van der Waals surface area (Å²) in [6.07, 6.45) is 1.01. The standard InChI is InChI=1S/C21H31BFNO5/c1-19(2,3)27-18(26)24-12-16(22-28-20(4,5)21(6,7)29-22)11-15-9-8-14(13-25)10-17(15)23/h8-11,25H,12-13H2,1-7H3,(H,24,26). The van der Waals surface area contributed by atoms with Crippen molar-refractivity contribution in [3.63, 3.8) is 0 Å². The van der Waals surface area contributed by atoms with Crippen molar-refractivity contribution in [2.75, 3.05) is 6.54 Å². The topological polar surface area (TPSA) is 77.0 Å². The summed E-state index contributed by atoms with van der Waals surface area (Å²) in [5, 5.41) is 11.9. The van der Waals surface area contributed by atoms with Gasteiger partial charge in [0.1, 0.15) is 11.4 Å². The van der Waals surface area contributed by atoms with Crippen LogP contribution in [0.3, 0.4) is 0 Å². The predicted octanol–water partition coefficient (Wildman–Crippen LogP) is 3.86. The van der Waals surface area contributed by atoms with Crippen LogP contribution in [0.15, 0.2) is 23.7 Å². The monoisotopic (exact) mass is 407 g/mol. The van der Waals surface area contributed by atoms with Crippen LogP contribution >= 0.6 is 0 Å².